The molecule has 2 amide bonds. The number of unbranched alkanes of at least 4 members (excludes halogenated alkanes) is 1. The number of carbonyl (C=O) groups is 3. The second-order valence-electron chi connectivity index (χ2n) is 19.0. The van der Waals surface area contributed by atoms with E-state index < -0.39 is 97.5 Å². The molecule has 394 valence electrons. The van der Waals surface area contributed by atoms with Crippen LogP contribution in [0.25, 0.3) is 22.5 Å². The molecule has 1 saturated heterocycles. The SMILES string of the molecule is CN(C(=S)N(c1cnc(-c2ccc(OCCCCOCC(=O)N[C@H](C(=O)N3CCC[C@H]3c3ncc(-c4cccc(F)c4)[nH]3)C(C)(C)C)cc2C(F)(F)F)c(F)c1)C(C)(C)C=O)c1ccc(C#N)c(C(F)(F)F)c1F. The van der Waals surface area contributed by atoms with Crippen molar-refractivity contribution in [3.05, 3.63) is 113 Å². The number of nitrogens with one attached hydrogen (secondary N) is 2. The number of anilines is 2. The molecule has 3 aromatic carbocycles. The van der Waals surface area contributed by atoms with Crippen molar-refractivity contribution >= 4 is 46.8 Å². The molecular formula is C51H51F9N8O5S. The molecule has 2 aromatic heterocycles. The first-order valence-corrected chi connectivity index (χ1v) is 23.4. The van der Waals surface area contributed by atoms with Crippen LogP contribution in [0.1, 0.15) is 88.9 Å². The molecule has 0 bridgehead atoms. The maximum atomic E-state index is 16.0. The maximum absolute atomic E-state index is 16.0. The van der Waals surface area contributed by atoms with Gasteiger partial charge in [-0.15, -0.1) is 0 Å². The van der Waals surface area contributed by atoms with Crippen LogP contribution in [0.4, 0.5) is 50.9 Å². The number of hydrogen-bond acceptors (Lipinski definition) is 9. The van der Waals surface area contributed by atoms with Gasteiger partial charge >= 0.3 is 12.4 Å². The number of alkyl halides is 6. The minimum absolute atomic E-state index is 0.0622. The van der Waals surface area contributed by atoms with E-state index in [1.165, 1.54) is 38.1 Å². The number of carbonyl (C=O) groups excluding carboxylic acids is 3. The number of amides is 2. The summed E-state index contributed by atoms with van der Waals surface area (Å²) in [5.41, 5.74) is -7.96. The molecule has 0 radical (unpaired) electrons. The van der Waals surface area contributed by atoms with Crippen LogP contribution in [-0.2, 0) is 31.5 Å². The number of nitriles is 1. The Morgan fingerprint density at radius 1 is 0.959 bits per heavy atom. The smallest absolute Gasteiger partial charge is 0.420 e. The number of thiocarbonyl (C=S) groups is 1. The molecule has 1 fully saturated rings. The summed E-state index contributed by atoms with van der Waals surface area (Å²) in [6, 6.07) is 11.1. The van der Waals surface area contributed by atoms with E-state index in [0.717, 1.165) is 41.2 Å². The zero-order valence-electron chi connectivity index (χ0n) is 40.9. The van der Waals surface area contributed by atoms with E-state index in [9.17, 15) is 50.4 Å². The van der Waals surface area contributed by atoms with Gasteiger partial charge in [0.1, 0.15) is 47.6 Å². The number of benzene rings is 3. The lowest BCUT2D eigenvalue weighted by atomic mass is 9.85. The van der Waals surface area contributed by atoms with Crippen LogP contribution in [0.5, 0.6) is 5.75 Å². The van der Waals surface area contributed by atoms with Crippen molar-refractivity contribution in [1.82, 2.24) is 25.2 Å². The van der Waals surface area contributed by atoms with Crippen molar-refractivity contribution in [2.75, 3.05) is 43.2 Å². The number of ether oxygens (including phenoxy) is 2. The maximum Gasteiger partial charge on any atom is 0.420 e. The Balaban J connectivity index is 1.05. The van der Waals surface area contributed by atoms with Crippen LogP contribution < -0.4 is 19.9 Å². The van der Waals surface area contributed by atoms with Gasteiger partial charge in [-0.25, -0.2) is 18.2 Å². The predicted octanol–water partition coefficient (Wildman–Crippen LogP) is 10.7. The molecule has 23 heteroatoms. The van der Waals surface area contributed by atoms with Crippen molar-refractivity contribution in [3.8, 4) is 34.3 Å². The van der Waals surface area contributed by atoms with Crippen molar-refractivity contribution < 1.29 is 63.4 Å². The van der Waals surface area contributed by atoms with Crippen molar-refractivity contribution in [2.24, 2.45) is 5.41 Å². The molecule has 2 atom stereocenters. The van der Waals surface area contributed by atoms with Gasteiger partial charge in [0.25, 0.3) is 0 Å². The quantitative estimate of drug-likeness (QED) is 0.0395. The van der Waals surface area contributed by atoms with Gasteiger partial charge in [0.15, 0.2) is 16.7 Å². The summed E-state index contributed by atoms with van der Waals surface area (Å²) in [4.78, 5) is 54.4. The summed E-state index contributed by atoms with van der Waals surface area (Å²) >= 11 is 5.46. The molecule has 0 spiro atoms. The van der Waals surface area contributed by atoms with Crippen molar-refractivity contribution in [2.45, 2.75) is 90.3 Å². The zero-order valence-corrected chi connectivity index (χ0v) is 41.7. The number of hydrogen-bond donors (Lipinski definition) is 2. The number of likely N-dealkylation sites (tertiary alicyclic amines) is 1. The summed E-state index contributed by atoms with van der Waals surface area (Å²) in [5.74, 6) is -4.10. The van der Waals surface area contributed by atoms with E-state index in [1.54, 1.807) is 23.2 Å². The van der Waals surface area contributed by atoms with Gasteiger partial charge < -0.3 is 39.3 Å². The van der Waals surface area contributed by atoms with E-state index in [-0.39, 0.29) is 43.6 Å². The van der Waals surface area contributed by atoms with Crippen LogP contribution in [0.2, 0.25) is 0 Å². The lowest BCUT2D eigenvalue weighted by molar-refractivity contribution is -0.141. The summed E-state index contributed by atoms with van der Waals surface area (Å²) in [6.07, 6.45) is -5.59. The highest BCUT2D eigenvalue weighted by Gasteiger charge is 2.43. The minimum Gasteiger partial charge on any atom is -0.494 e. The van der Waals surface area contributed by atoms with Crippen LogP contribution in [0.3, 0.4) is 0 Å². The van der Waals surface area contributed by atoms with Crippen molar-refractivity contribution in [3.63, 3.8) is 0 Å². The molecule has 74 heavy (non-hydrogen) atoms. The molecule has 6 rings (SSSR count). The first-order valence-electron chi connectivity index (χ1n) is 23.0. The van der Waals surface area contributed by atoms with Gasteiger partial charge in [-0.05, 0) is 99.6 Å². The number of nitrogens with zero attached hydrogens (tertiary/aromatic N) is 6. The van der Waals surface area contributed by atoms with E-state index in [1.807, 2.05) is 20.8 Å². The van der Waals surface area contributed by atoms with Gasteiger partial charge in [-0.2, -0.15) is 31.6 Å². The number of aldehydes is 1. The number of halogens is 9. The van der Waals surface area contributed by atoms with Gasteiger partial charge in [0.2, 0.25) is 11.8 Å². The molecular weight excluding hydrogens is 1010 g/mol. The van der Waals surface area contributed by atoms with Crippen molar-refractivity contribution in [1.29, 1.82) is 5.26 Å². The lowest BCUT2D eigenvalue weighted by Crippen LogP contribution is -2.55. The van der Waals surface area contributed by atoms with Crippen LogP contribution >= 0.6 is 12.2 Å². The molecule has 2 N–H and O–H groups in total. The monoisotopic (exact) mass is 1060 g/mol. The third kappa shape index (κ3) is 12.8. The third-order valence-electron chi connectivity index (χ3n) is 12.1. The average molecular weight is 1060 g/mol. The van der Waals surface area contributed by atoms with E-state index >= 15 is 8.78 Å². The largest absolute Gasteiger partial charge is 0.494 e. The number of aromatic nitrogens is 3. The zero-order chi connectivity index (χ0) is 54.5. The van der Waals surface area contributed by atoms with Gasteiger partial charge in [0, 0.05) is 37.4 Å². The molecule has 0 saturated carbocycles. The number of imidazole rings is 1. The summed E-state index contributed by atoms with van der Waals surface area (Å²) < 4.78 is 141. The second-order valence-corrected chi connectivity index (χ2v) is 19.3. The van der Waals surface area contributed by atoms with Crippen LogP contribution in [0, 0.1) is 34.2 Å². The number of aromatic amines is 1. The first kappa shape index (κ1) is 56.2. The second kappa shape index (κ2) is 22.6. The molecule has 1 aliphatic rings. The highest BCUT2D eigenvalue weighted by molar-refractivity contribution is 7.80. The molecule has 1 aliphatic heterocycles. The summed E-state index contributed by atoms with van der Waals surface area (Å²) in [5, 5.41) is 11.4. The Morgan fingerprint density at radius 3 is 2.31 bits per heavy atom. The number of H-pyrrole nitrogens is 1. The predicted molar refractivity (Wildman–Crippen MR) is 259 cm³/mol. The van der Waals surface area contributed by atoms with E-state index in [2.05, 4.69) is 20.3 Å². The van der Waals surface area contributed by atoms with Gasteiger partial charge in [-0.3, -0.25) is 14.6 Å². The number of pyridine rings is 1. The average Bonchev–Trinajstić information content (AvgIpc) is 4.03. The van der Waals surface area contributed by atoms with E-state index in [0.29, 0.717) is 61.3 Å². The summed E-state index contributed by atoms with van der Waals surface area (Å²) in [6.45, 7) is 8.05. The molecule has 0 unspecified atom stereocenters. The molecule has 3 heterocycles. The Hall–Kier alpha value is -7.06. The van der Waals surface area contributed by atoms with E-state index in [4.69, 9.17) is 21.7 Å². The fraction of sp³-hybridized carbons (Fsp3) is 0.392. The lowest BCUT2D eigenvalue weighted by Gasteiger charge is -2.39. The topological polar surface area (TPSA) is 157 Å². The fourth-order valence-corrected chi connectivity index (χ4v) is 8.73. The van der Waals surface area contributed by atoms with Gasteiger partial charge in [0.05, 0.1) is 64.8 Å². The molecule has 0 aliphatic carbocycles. The minimum atomic E-state index is -5.29. The highest BCUT2D eigenvalue weighted by atomic mass is 32.1. The fourth-order valence-electron chi connectivity index (χ4n) is 8.29. The Bertz CT molecular complexity index is 2930. The normalized spacial score (nSPS) is 14.6. The van der Waals surface area contributed by atoms with Crippen LogP contribution in [0.15, 0.2) is 73.1 Å². The number of rotatable bonds is 17. The standard InChI is InChI=1S/C51H51F9N8O5S/c1-48(2,3)44(46(71)67-18-10-13-39(67)45-63-26-37(64-45)29-11-9-12-31(52)21-29)65-40(70)27-72-19-7-8-20-73-33-15-16-34(35(23-33)50(55,56)57)43-36(53)22-32(25-62-43)68(49(4,5)28-69)47(74)66(6)38-17-14-30(24-61)41(42(38)54)51(58,59)60/h9,11-12,14-17,21-23,25-26,28,39,44H,7-8,10,13,18-20,27H2,1-6H3,(H,63,64)(H,65,70)/t39-,44+/m0/s1. The summed E-state index contributed by atoms with van der Waals surface area (Å²) in [7, 11) is 1.06. The Morgan fingerprint density at radius 2 is 1.68 bits per heavy atom. The Labute approximate surface area is 425 Å². The molecule has 5 aromatic rings. The Kier molecular flexibility index (Phi) is 17.2. The highest BCUT2D eigenvalue weighted by Crippen LogP contribution is 2.42. The first-order chi connectivity index (χ1) is 34.7. The van der Waals surface area contributed by atoms with Gasteiger partial charge in [-0.1, -0.05) is 32.9 Å². The van der Waals surface area contributed by atoms with Crippen LogP contribution in [-0.4, -0.2) is 88.1 Å². The third-order valence-corrected chi connectivity index (χ3v) is 12.5. The molecule has 13 nitrogen and oxygen atoms in total.